The zero-order valence-corrected chi connectivity index (χ0v) is 15.1. The van der Waals surface area contributed by atoms with Gasteiger partial charge in [-0.05, 0) is 43.2 Å². The lowest BCUT2D eigenvalue weighted by atomic mass is 9.79. The first-order valence-corrected chi connectivity index (χ1v) is 9.29. The molecular weight excluding hydrogens is 332 g/mol. The van der Waals surface area contributed by atoms with E-state index in [-0.39, 0.29) is 24.4 Å². The van der Waals surface area contributed by atoms with E-state index in [9.17, 15) is 4.79 Å². The number of ether oxygens (including phenoxy) is 2. The van der Waals surface area contributed by atoms with Crippen LogP contribution in [0.2, 0.25) is 0 Å². The van der Waals surface area contributed by atoms with Crippen molar-refractivity contribution >= 4 is 16.9 Å². The predicted octanol–water partition coefficient (Wildman–Crippen LogP) is 2.78. The van der Waals surface area contributed by atoms with Crippen LogP contribution in [0.3, 0.4) is 0 Å². The lowest BCUT2D eigenvalue weighted by molar-refractivity contribution is -0.148. The summed E-state index contributed by atoms with van der Waals surface area (Å²) in [7, 11) is 1.80. The second kappa shape index (κ2) is 7.02. The minimum absolute atomic E-state index is 0.0114. The summed E-state index contributed by atoms with van der Waals surface area (Å²) < 4.78 is 11.6. The highest BCUT2D eigenvalue weighted by atomic mass is 16.5. The molecule has 6 heteroatoms. The largest absolute Gasteiger partial charge is 0.480 e. The maximum atomic E-state index is 10.8. The number of nitrogens with zero attached hydrogens (tertiary/aromatic N) is 1. The van der Waals surface area contributed by atoms with Crippen molar-refractivity contribution in [2.45, 2.75) is 50.0 Å². The molecule has 1 aromatic carbocycles. The van der Waals surface area contributed by atoms with Gasteiger partial charge in [-0.2, -0.15) is 0 Å². The Morgan fingerprint density at radius 1 is 1.38 bits per heavy atom. The van der Waals surface area contributed by atoms with E-state index in [4.69, 9.17) is 14.6 Å². The number of carboxylic acid groups (broad SMARTS) is 1. The molecule has 1 saturated heterocycles. The van der Waals surface area contributed by atoms with Gasteiger partial charge in [-0.3, -0.25) is 4.90 Å². The molecule has 2 heterocycles. The molecule has 2 aromatic rings. The van der Waals surface area contributed by atoms with Crippen molar-refractivity contribution in [3.63, 3.8) is 0 Å². The Kier molecular flexibility index (Phi) is 4.73. The van der Waals surface area contributed by atoms with Crippen molar-refractivity contribution in [1.29, 1.82) is 0 Å². The number of H-pyrrole nitrogens is 1. The molecule has 0 bridgehead atoms. The number of hydrogen-bond acceptors (Lipinski definition) is 4. The Balaban J connectivity index is 1.49. The maximum Gasteiger partial charge on any atom is 0.329 e. The second-order valence-corrected chi connectivity index (χ2v) is 7.49. The fourth-order valence-electron chi connectivity index (χ4n) is 4.72. The highest BCUT2D eigenvalue weighted by Gasteiger charge is 2.51. The molecular formula is C20H26N2O4. The number of fused-ring (bicyclic) bond motifs is 2. The molecule has 0 spiro atoms. The average molecular weight is 358 g/mol. The molecule has 2 fully saturated rings. The number of benzene rings is 1. The van der Waals surface area contributed by atoms with Gasteiger partial charge in [-0.1, -0.05) is 18.2 Å². The fraction of sp³-hybridized carbons (Fsp3) is 0.550. The number of hydrogen-bond donors (Lipinski definition) is 2. The molecule has 1 aliphatic carbocycles. The van der Waals surface area contributed by atoms with Crippen molar-refractivity contribution in [2.75, 3.05) is 20.3 Å². The fourth-order valence-corrected chi connectivity index (χ4v) is 4.72. The normalized spacial score (nSPS) is 29.1. The Morgan fingerprint density at radius 2 is 2.23 bits per heavy atom. The van der Waals surface area contributed by atoms with Crippen molar-refractivity contribution in [1.82, 2.24) is 9.88 Å². The standard InChI is InChI=1S/C20H26N2O4/c1-25-20-7-6-16(26-13-19(23)24)11-18(20)22(9-8-20)12-15-10-14-4-2-3-5-17(14)21-15/h2-5,10,16,18,21H,6-9,11-13H2,1H3,(H,23,24)/t16-,18+,20-/m1/s1. The van der Waals surface area contributed by atoms with Gasteiger partial charge in [-0.15, -0.1) is 0 Å². The third-order valence-corrected chi connectivity index (χ3v) is 6.05. The zero-order valence-electron chi connectivity index (χ0n) is 15.1. The maximum absolute atomic E-state index is 10.8. The van der Waals surface area contributed by atoms with Gasteiger partial charge in [0.15, 0.2) is 0 Å². The van der Waals surface area contributed by atoms with Gasteiger partial charge in [-0.25, -0.2) is 4.79 Å². The molecule has 0 amide bonds. The summed E-state index contributed by atoms with van der Waals surface area (Å²) in [5.74, 6) is -0.907. The Hall–Kier alpha value is -1.89. The van der Waals surface area contributed by atoms with Crippen LogP contribution in [0.4, 0.5) is 0 Å². The Morgan fingerprint density at radius 3 is 3.00 bits per heavy atom. The van der Waals surface area contributed by atoms with Crippen LogP contribution in [0.1, 0.15) is 31.4 Å². The van der Waals surface area contributed by atoms with Gasteiger partial charge in [0.25, 0.3) is 0 Å². The predicted molar refractivity (Wildman–Crippen MR) is 98.1 cm³/mol. The van der Waals surface area contributed by atoms with E-state index < -0.39 is 5.97 Å². The first-order chi connectivity index (χ1) is 12.6. The summed E-state index contributed by atoms with van der Waals surface area (Å²) in [4.78, 5) is 16.8. The Labute approximate surface area is 153 Å². The molecule has 26 heavy (non-hydrogen) atoms. The van der Waals surface area contributed by atoms with Gasteiger partial charge in [0.2, 0.25) is 0 Å². The quantitative estimate of drug-likeness (QED) is 0.831. The van der Waals surface area contributed by atoms with E-state index >= 15 is 0 Å². The van der Waals surface area contributed by atoms with Crippen LogP contribution in [0.25, 0.3) is 10.9 Å². The number of methoxy groups -OCH3 is 1. The molecule has 4 rings (SSSR count). The number of carbonyl (C=O) groups is 1. The first kappa shape index (κ1) is 17.5. The van der Waals surface area contributed by atoms with Gasteiger partial charge in [0.1, 0.15) is 6.61 Å². The van der Waals surface area contributed by atoms with E-state index in [2.05, 4.69) is 34.1 Å². The smallest absolute Gasteiger partial charge is 0.329 e. The first-order valence-electron chi connectivity index (χ1n) is 9.29. The highest BCUT2D eigenvalue weighted by molar-refractivity contribution is 5.80. The SMILES string of the molecule is CO[C@@]12CC[C@@H](OCC(=O)O)C[C@@H]1N(Cc1cc3ccccc3[nH]1)CC2. The van der Waals surface area contributed by atoms with Crippen LogP contribution < -0.4 is 0 Å². The van der Waals surface area contributed by atoms with E-state index in [1.54, 1.807) is 7.11 Å². The van der Waals surface area contributed by atoms with Crippen LogP contribution in [0.5, 0.6) is 0 Å². The van der Waals surface area contributed by atoms with Crippen molar-refractivity contribution in [3.05, 3.63) is 36.0 Å². The van der Waals surface area contributed by atoms with Gasteiger partial charge < -0.3 is 19.6 Å². The average Bonchev–Trinajstić information content (AvgIpc) is 3.21. The minimum Gasteiger partial charge on any atom is -0.480 e. The molecule has 6 nitrogen and oxygen atoms in total. The number of aromatic nitrogens is 1. The highest BCUT2D eigenvalue weighted by Crippen LogP contribution is 2.43. The number of aliphatic carboxylic acids is 1. The molecule has 2 aliphatic rings. The minimum atomic E-state index is -0.907. The van der Waals surface area contributed by atoms with Crippen LogP contribution in [0.15, 0.2) is 30.3 Å². The van der Waals surface area contributed by atoms with E-state index in [1.807, 2.05) is 6.07 Å². The number of para-hydroxylation sites is 1. The molecule has 3 atom stereocenters. The second-order valence-electron chi connectivity index (χ2n) is 7.49. The molecule has 1 aliphatic heterocycles. The van der Waals surface area contributed by atoms with E-state index in [0.717, 1.165) is 44.3 Å². The van der Waals surface area contributed by atoms with Crippen LogP contribution >= 0.6 is 0 Å². The number of rotatable bonds is 6. The van der Waals surface area contributed by atoms with Crippen molar-refractivity contribution < 1.29 is 19.4 Å². The summed E-state index contributed by atoms with van der Waals surface area (Å²) in [5.41, 5.74) is 2.23. The lowest BCUT2D eigenvalue weighted by Crippen LogP contribution is -2.51. The number of aromatic amines is 1. The van der Waals surface area contributed by atoms with E-state index in [0.29, 0.717) is 0 Å². The molecule has 140 valence electrons. The number of carboxylic acids is 1. The van der Waals surface area contributed by atoms with Crippen LogP contribution in [-0.2, 0) is 20.8 Å². The molecule has 1 saturated carbocycles. The summed E-state index contributed by atoms with van der Waals surface area (Å²) in [6.45, 7) is 1.61. The third-order valence-electron chi connectivity index (χ3n) is 6.05. The summed E-state index contributed by atoms with van der Waals surface area (Å²) in [6.07, 6.45) is 3.60. The van der Waals surface area contributed by atoms with Crippen molar-refractivity contribution in [2.24, 2.45) is 0 Å². The molecule has 0 radical (unpaired) electrons. The summed E-state index contributed by atoms with van der Waals surface area (Å²) in [5, 5.41) is 10.1. The number of nitrogens with one attached hydrogen (secondary N) is 1. The monoisotopic (exact) mass is 358 g/mol. The summed E-state index contributed by atoms with van der Waals surface area (Å²) >= 11 is 0. The van der Waals surface area contributed by atoms with Crippen LogP contribution in [0, 0.1) is 0 Å². The lowest BCUT2D eigenvalue weighted by Gasteiger charge is -2.43. The number of likely N-dealkylation sites (tertiary alicyclic amines) is 1. The molecule has 2 N–H and O–H groups in total. The van der Waals surface area contributed by atoms with Gasteiger partial charge in [0.05, 0.1) is 11.7 Å². The Bertz CT molecular complexity index is 756. The molecule has 0 unspecified atom stereocenters. The summed E-state index contributed by atoms with van der Waals surface area (Å²) in [6, 6.07) is 10.8. The molecule has 1 aromatic heterocycles. The topological polar surface area (TPSA) is 74.8 Å². The van der Waals surface area contributed by atoms with E-state index in [1.165, 1.54) is 11.1 Å². The van der Waals surface area contributed by atoms with Crippen LogP contribution in [-0.4, -0.2) is 59.0 Å². The zero-order chi connectivity index (χ0) is 18.1. The van der Waals surface area contributed by atoms with Gasteiger partial charge in [0, 0.05) is 37.5 Å². The third kappa shape index (κ3) is 3.24. The van der Waals surface area contributed by atoms with Gasteiger partial charge >= 0.3 is 5.97 Å². The van der Waals surface area contributed by atoms with Crippen molar-refractivity contribution in [3.8, 4) is 0 Å².